The van der Waals surface area contributed by atoms with Gasteiger partial charge in [0.25, 0.3) is 0 Å². The molecule has 0 aromatic heterocycles. The number of methoxy groups -OCH3 is 3. The van der Waals surface area contributed by atoms with Crippen molar-refractivity contribution in [2.45, 2.75) is 37.6 Å². The van der Waals surface area contributed by atoms with Gasteiger partial charge in [0.1, 0.15) is 5.54 Å². The van der Waals surface area contributed by atoms with Gasteiger partial charge in [-0.2, -0.15) is 0 Å². The predicted octanol–water partition coefficient (Wildman–Crippen LogP) is 1.77. The van der Waals surface area contributed by atoms with Crippen LogP contribution in [-0.2, 0) is 16.0 Å². The molecule has 1 aromatic carbocycles. The summed E-state index contributed by atoms with van der Waals surface area (Å²) in [6.07, 6.45) is 2.42. The maximum Gasteiger partial charge on any atom is 0.329 e. The van der Waals surface area contributed by atoms with Gasteiger partial charge >= 0.3 is 5.97 Å². The molecule has 0 unspecified atom stereocenters. The Morgan fingerprint density at radius 2 is 1.71 bits per heavy atom. The first-order valence-electron chi connectivity index (χ1n) is 7.79. The van der Waals surface area contributed by atoms with Gasteiger partial charge in [0.2, 0.25) is 11.7 Å². The molecule has 0 aliphatic heterocycles. The molecule has 0 saturated heterocycles. The number of nitrogens with one attached hydrogen (secondary N) is 1. The zero-order chi connectivity index (χ0) is 17.7. The van der Waals surface area contributed by atoms with E-state index in [0.29, 0.717) is 36.5 Å². The van der Waals surface area contributed by atoms with Crippen LogP contribution in [0.1, 0.15) is 31.2 Å². The summed E-state index contributed by atoms with van der Waals surface area (Å²) in [5.74, 6) is 0.301. The average Bonchev–Trinajstić information content (AvgIpc) is 2.54. The van der Waals surface area contributed by atoms with Crippen LogP contribution in [-0.4, -0.2) is 43.9 Å². The minimum Gasteiger partial charge on any atom is -0.493 e. The van der Waals surface area contributed by atoms with E-state index in [0.717, 1.165) is 12.0 Å². The van der Waals surface area contributed by atoms with E-state index in [-0.39, 0.29) is 12.3 Å². The number of ether oxygens (including phenoxy) is 3. The fourth-order valence-electron chi connectivity index (χ4n) is 2.79. The molecule has 24 heavy (non-hydrogen) atoms. The van der Waals surface area contributed by atoms with Crippen molar-refractivity contribution in [2.24, 2.45) is 0 Å². The van der Waals surface area contributed by atoms with Crippen LogP contribution >= 0.6 is 0 Å². The summed E-state index contributed by atoms with van der Waals surface area (Å²) in [7, 11) is 4.58. The van der Waals surface area contributed by atoms with E-state index in [4.69, 9.17) is 14.2 Å². The Balaban J connectivity index is 2.03. The summed E-state index contributed by atoms with van der Waals surface area (Å²) in [4.78, 5) is 23.4. The van der Waals surface area contributed by atoms with E-state index in [2.05, 4.69) is 5.32 Å². The number of carboxylic acids is 1. The standard InChI is InChI=1S/C17H23NO6/c1-22-12-9-11(10-13(23-2)15(12)24-3)5-6-14(19)18-17(16(20)21)7-4-8-17/h9-10H,4-8H2,1-3H3,(H,18,19)(H,20,21). The molecular weight excluding hydrogens is 314 g/mol. The number of hydrogen-bond donors (Lipinski definition) is 2. The van der Waals surface area contributed by atoms with Crippen molar-refractivity contribution in [1.29, 1.82) is 0 Å². The predicted molar refractivity (Wildman–Crippen MR) is 86.8 cm³/mol. The molecule has 0 radical (unpaired) electrons. The quantitative estimate of drug-likeness (QED) is 0.751. The number of aliphatic carboxylic acids is 1. The van der Waals surface area contributed by atoms with Gasteiger partial charge in [-0.15, -0.1) is 0 Å². The minimum atomic E-state index is -1.08. The van der Waals surface area contributed by atoms with Crippen molar-refractivity contribution >= 4 is 11.9 Å². The monoisotopic (exact) mass is 337 g/mol. The Bertz CT molecular complexity index is 599. The Labute approximate surface area is 140 Å². The maximum absolute atomic E-state index is 12.1. The number of rotatable bonds is 8. The van der Waals surface area contributed by atoms with Gasteiger partial charge in [-0.05, 0) is 43.4 Å². The van der Waals surface area contributed by atoms with Crippen molar-refractivity contribution in [2.75, 3.05) is 21.3 Å². The van der Waals surface area contributed by atoms with Crippen LogP contribution < -0.4 is 19.5 Å². The molecule has 1 fully saturated rings. The third-order valence-electron chi connectivity index (χ3n) is 4.36. The van der Waals surface area contributed by atoms with Crippen LogP contribution in [0.5, 0.6) is 17.2 Å². The van der Waals surface area contributed by atoms with Crippen LogP contribution in [0, 0.1) is 0 Å². The molecule has 1 aromatic rings. The van der Waals surface area contributed by atoms with Crippen molar-refractivity contribution in [3.63, 3.8) is 0 Å². The molecule has 1 aliphatic carbocycles. The topological polar surface area (TPSA) is 94.1 Å². The normalized spacial score (nSPS) is 15.1. The summed E-state index contributed by atoms with van der Waals surface area (Å²) in [5, 5.41) is 11.9. The number of aryl methyl sites for hydroxylation is 1. The fraction of sp³-hybridized carbons (Fsp3) is 0.529. The molecule has 132 valence electrons. The lowest BCUT2D eigenvalue weighted by Gasteiger charge is -2.38. The van der Waals surface area contributed by atoms with E-state index in [1.165, 1.54) is 21.3 Å². The van der Waals surface area contributed by atoms with Crippen LogP contribution in [0.15, 0.2) is 12.1 Å². The van der Waals surface area contributed by atoms with Gasteiger partial charge in [0, 0.05) is 6.42 Å². The third-order valence-corrected chi connectivity index (χ3v) is 4.36. The molecule has 7 nitrogen and oxygen atoms in total. The Kier molecular flexibility index (Phi) is 5.54. The number of carbonyl (C=O) groups is 2. The molecular formula is C17H23NO6. The van der Waals surface area contributed by atoms with E-state index >= 15 is 0 Å². The number of amides is 1. The SMILES string of the molecule is COc1cc(CCC(=O)NC2(C(=O)O)CCC2)cc(OC)c1OC. The molecule has 2 N–H and O–H groups in total. The summed E-state index contributed by atoms with van der Waals surface area (Å²) < 4.78 is 15.8. The Morgan fingerprint density at radius 3 is 2.08 bits per heavy atom. The van der Waals surface area contributed by atoms with Gasteiger partial charge < -0.3 is 24.6 Å². The summed E-state index contributed by atoms with van der Waals surface area (Å²) in [6.45, 7) is 0. The zero-order valence-corrected chi connectivity index (χ0v) is 14.2. The number of benzene rings is 1. The van der Waals surface area contributed by atoms with Crippen LogP contribution in [0.4, 0.5) is 0 Å². The number of hydrogen-bond acceptors (Lipinski definition) is 5. The van der Waals surface area contributed by atoms with Crippen LogP contribution in [0.25, 0.3) is 0 Å². The molecule has 0 spiro atoms. The lowest BCUT2D eigenvalue weighted by Crippen LogP contribution is -2.59. The number of carboxylic acid groups (broad SMARTS) is 1. The first kappa shape index (κ1) is 17.9. The van der Waals surface area contributed by atoms with Crippen molar-refractivity contribution in [3.8, 4) is 17.2 Å². The molecule has 1 aliphatic rings. The molecule has 0 atom stereocenters. The van der Waals surface area contributed by atoms with Crippen LogP contribution in [0.3, 0.4) is 0 Å². The van der Waals surface area contributed by atoms with Crippen molar-refractivity contribution in [1.82, 2.24) is 5.32 Å². The van der Waals surface area contributed by atoms with E-state index in [1.807, 2.05) is 0 Å². The molecule has 2 rings (SSSR count). The smallest absolute Gasteiger partial charge is 0.329 e. The summed E-state index contributed by atoms with van der Waals surface area (Å²) in [6, 6.07) is 3.57. The second kappa shape index (κ2) is 7.42. The largest absolute Gasteiger partial charge is 0.493 e. The lowest BCUT2D eigenvalue weighted by molar-refractivity contribution is -0.151. The highest BCUT2D eigenvalue weighted by molar-refractivity contribution is 5.87. The van der Waals surface area contributed by atoms with Gasteiger partial charge in [0.05, 0.1) is 21.3 Å². The maximum atomic E-state index is 12.1. The molecule has 7 heteroatoms. The van der Waals surface area contributed by atoms with E-state index in [9.17, 15) is 14.7 Å². The lowest BCUT2D eigenvalue weighted by atomic mass is 9.76. The van der Waals surface area contributed by atoms with Crippen LogP contribution in [0.2, 0.25) is 0 Å². The third kappa shape index (κ3) is 3.55. The fourth-order valence-corrected chi connectivity index (χ4v) is 2.79. The van der Waals surface area contributed by atoms with E-state index < -0.39 is 11.5 Å². The molecule has 1 saturated carbocycles. The van der Waals surface area contributed by atoms with Gasteiger partial charge in [-0.1, -0.05) is 0 Å². The highest BCUT2D eigenvalue weighted by atomic mass is 16.5. The average molecular weight is 337 g/mol. The number of carbonyl (C=O) groups excluding carboxylic acids is 1. The Morgan fingerprint density at radius 1 is 1.12 bits per heavy atom. The first-order chi connectivity index (χ1) is 11.5. The Hall–Kier alpha value is -2.44. The van der Waals surface area contributed by atoms with Crippen molar-refractivity contribution < 1.29 is 28.9 Å². The molecule has 0 heterocycles. The highest BCUT2D eigenvalue weighted by Crippen LogP contribution is 2.38. The second-order valence-electron chi connectivity index (χ2n) is 5.82. The highest BCUT2D eigenvalue weighted by Gasteiger charge is 2.45. The second-order valence-corrected chi connectivity index (χ2v) is 5.82. The van der Waals surface area contributed by atoms with Gasteiger partial charge in [0.15, 0.2) is 11.5 Å². The molecule has 1 amide bonds. The summed E-state index contributed by atoms with van der Waals surface area (Å²) in [5.41, 5.74) is -0.232. The minimum absolute atomic E-state index is 0.188. The van der Waals surface area contributed by atoms with Gasteiger partial charge in [-0.3, -0.25) is 4.79 Å². The first-order valence-corrected chi connectivity index (χ1v) is 7.79. The zero-order valence-electron chi connectivity index (χ0n) is 14.2. The summed E-state index contributed by atoms with van der Waals surface area (Å²) >= 11 is 0. The van der Waals surface area contributed by atoms with Gasteiger partial charge in [-0.25, -0.2) is 4.79 Å². The van der Waals surface area contributed by atoms with E-state index in [1.54, 1.807) is 12.1 Å². The van der Waals surface area contributed by atoms with Crippen molar-refractivity contribution in [3.05, 3.63) is 17.7 Å². The molecule has 0 bridgehead atoms.